The van der Waals surface area contributed by atoms with E-state index in [2.05, 4.69) is 31.9 Å². The SMILES string of the molecule is COc1c(Br)cc(/C=C2\SC(=O)N(Cc3ccccc3[N+](=O)[O-])C2=O)cc1Br. The van der Waals surface area contributed by atoms with Crippen molar-refractivity contribution >= 4 is 66.5 Å². The van der Waals surface area contributed by atoms with Crippen LogP contribution in [0.15, 0.2) is 50.2 Å². The molecule has 1 aliphatic heterocycles. The van der Waals surface area contributed by atoms with Crippen LogP contribution in [0.3, 0.4) is 0 Å². The molecule has 0 spiro atoms. The lowest BCUT2D eigenvalue weighted by atomic mass is 10.1. The standard InChI is InChI=1S/C18H12Br2N2O5S/c1-27-16-12(19)6-10(7-13(16)20)8-15-17(23)21(18(24)28-15)9-11-4-2-3-5-14(11)22(25)26/h2-8H,9H2,1H3/b15-8-. The molecule has 1 fully saturated rings. The summed E-state index contributed by atoms with van der Waals surface area (Å²) in [6.07, 6.45) is 1.60. The third kappa shape index (κ3) is 4.13. The molecule has 144 valence electrons. The van der Waals surface area contributed by atoms with Gasteiger partial charge in [-0.1, -0.05) is 18.2 Å². The zero-order chi connectivity index (χ0) is 20.4. The van der Waals surface area contributed by atoms with Gasteiger partial charge in [0.15, 0.2) is 0 Å². The van der Waals surface area contributed by atoms with Crippen LogP contribution < -0.4 is 4.74 Å². The number of hydrogen-bond acceptors (Lipinski definition) is 6. The summed E-state index contributed by atoms with van der Waals surface area (Å²) in [5.74, 6) is 0.123. The lowest BCUT2D eigenvalue weighted by Crippen LogP contribution is -2.27. The quantitative estimate of drug-likeness (QED) is 0.295. The van der Waals surface area contributed by atoms with Crippen LogP contribution in [0.1, 0.15) is 11.1 Å². The molecule has 2 aromatic carbocycles. The molecule has 0 saturated carbocycles. The maximum absolute atomic E-state index is 12.7. The van der Waals surface area contributed by atoms with Gasteiger partial charge in [-0.25, -0.2) is 0 Å². The number of nitro benzene ring substituents is 1. The van der Waals surface area contributed by atoms with Crippen LogP contribution in [0.25, 0.3) is 6.08 Å². The maximum atomic E-state index is 12.7. The number of carbonyl (C=O) groups excluding carboxylic acids is 2. The van der Waals surface area contributed by atoms with E-state index < -0.39 is 16.1 Å². The molecule has 1 heterocycles. The number of methoxy groups -OCH3 is 1. The average molecular weight is 528 g/mol. The Morgan fingerprint density at radius 1 is 1.21 bits per heavy atom. The molecule has 1 saturated heterocycles. The molecular weight excluding hydrogens is 516 g/mol. The Morgan fingerprint density at radius 3 is 2.46 bits per heavy atom. The average Bonchev–Trinajstić information content (AvgIpc) is 2.89. The fourth-order valence-electron chi connectivity index (χ4n) is 2.64. The lowest BCUT2D eigenvalue weighted by Gasteiger charge is -2.12. The molecule has 0 radical (unpaired) electrons. The Hall–Kier alpha value is -2.17. The number of rotatable bonds is 5. The van der Waals surface area contributed by atoms with Gasteiger partial charge >= 0.3 is 0 Å². The van der Waals surface area contributed by atoms with Crippen molar-refractivity contribution < 1.29 is 19.2 Å². The van der Waals surface area contributed by atoms with E-state index in [-0.39, 0.29) is 17.1 Å². The number of ether oxygens (including phenoxy) is 1. The van der Waals surface area contributed by atoms with Crippen LogP contribution in [-0.2, 0) is 11.3 Å². The molecule has 3 rings (SSSR count). The van der Waals surface area contributed by atoms with Gasteiger partial charge in [0.2, 0.25) is 0 Å². The zero-order valence-corrected chi connectivity index (χ0v) is 18.3. The highest BCUT2D eigenvalue weighted by molar-refractivity contribution is 9.11. The monoisotopic (exact) mass is 526 g/mol. The third-order valence-electron chi connectivity index (χ3n) is 3.91. The number of halogens is 2. The van der Waals surface area contributed by atoms with Gasteiger partial charge in [-0.3, -0.25) is 24.6 Å². The molecule has 2 aromatic rings. The summed E-state index contributed by atoms with van der Waals surface area (Å²) in [6.45, 7) is -0.158. The Bertz CT molecular complexity index is 1000. The van der Waals surface area contributed by atoms with E-state index in [0.29, 0.717) is 25.8 Å². The number of carbonyl (C=O) groups is 2. The van der Waals surface area contributed by atoms with Crippen LogP contribution >= 0.6 is 43.6 Å². The van der Waals surface area contributed by atoms with E-state index in [0.717, 1.165) is 16.7 Å². The first-order chi connectivity index (χ1) is 13.3. The Kier molecular flexibility index (Phi) is 6.21. The van der Waals surface area contributed by atoms with E-state index in [9.17, 15) is 19.7 Å². The number of para-hydroxylation sites is 1. The number of amides is 2. The number of thioether (sulfide) groups is 1. The van der Waals surface area contributed by atoms with Gasteiger partial charge < -0.3 is 4.74 Å². The van der Waals surface area contributed by atoms with Gasteiger partial charge in [-0.05, 0) is 67.4 Å². The van der Waals surface area contributed by atoms with Crippen molar-refractivity contribution in [2.45, 2.75) is 6.54 Å². The summed E-state index contributed by atoms with van der Waals surface area (Å²) in [4.78, 5) is 36.9. The fraction of sp³-hybridized carbons (Fsp3) is 0.111. The van der Waals surface area contributed by atoms with Crippen molar-refractivity contribution in [2.75, 3.05) is 7.11 Å². The summed E-state index contributed by atoms with van der Waals surface area (Å²) in [5.41, 5.74) is 0.857. The van der Waals surface area contributed by atoms with E-state index >= 15 is 0 Å². The predicted molar refractivity (Wildman–Crippen MR) is 113 cm³/mol. The molecule has 28 heavy (non-hydrogen) atoms. The maximum Gasteiger partial charge on any atom is 0.293 e. The van der Waals surface area contributed by atoms with E-state index in [1.165, 1.54) is 18.2 Å². The summed E-state index contributed by atoms with van der Waals surface area (Å²) in [7, 11) is 1.54. The first kappa shape index (κ1) is 20.6. The molecule has 10 heteroatoms. The van der Waals surface area contributed by atoms with Crippen LogP contribution in [0.5, 0.6) is 5.75 Å². The van der Waals surface area contributed by atoms with Crippen molar-refractivity contribution in [3.63, 3.8) is 0 Å². The third-order valence-corrected chi connectivity index (χ3v) is 6.00. The normalized spacial score (nSPS) is 15.4. The largest absolute Gasteiger partial charge is 0.494 e. The lowest BCUT2D eigenvalue weighted by molar-refractivity contribution is -0.385. The van der Waals surface area contributed by atoms with Crippen LogP contribution in [0.4, 0.5) is 10.5 Å². The molecule has 0 aliphatic carbocycles. The molecule has 0 atom stereocenters. The Balaban J connectivity index is 1.88. The molecule has 0 unspecified atom stereocenters. The van der Waals surface area contributed by atoms with Gasteiger partial charge in [-0.2, -0.15) is 0 Å². The molecule has 0 aromatic heterocycles. The number of imide groups is 1. The molecule has 0 bridgehead atoms. The second-order valence-corrected chi connectivity index (χ2v) is 8.37. The minimum absolute atomic E-state index is 0.131. The summed E-state index contributed by atoms with van der Waals surface area (Å²) in [6, 6.07) is 9.57. The summed E-state index contributed by atoms with van der Waals surface area (Å²) < 4.78 is 6.63. The van der Waals surface area contributed by atoms with Gasteiger partial charge in [0.1, 0.15) is 5.75 Å². The Labute approximate surface area is 181 Å². The van der Waals surface area contributed by atoms with Gasteiger partial charge in [-0.15, -0.1) is 0 Å². The smallest absolute Gasteiger partial charge is 0.293 e. The molecular formula is C18H12Br2N2O5S. The van der Waals surface area contributed by atoms with Crippen molar-refractivity contribution in [3.8, 4) is 5.75 Å². The second kappa shape index (κ2) is 8.46. The Morgan fingerprint density at radius 2 is 1.86 bits per heavy atom. The van der Waals surface area contributed by atoms with E-state index in [1.807, 2.05) is 0 Å². The van der Waals surface area contributed by atoms with E-state index in [4.69, 9.17) is 4.74 Å². The topological polar surface area (TPSA) is 89.8 Å². The van der Waals surface area contributed by atoms with Gasteiger partial charge in [0.25, 0.3) is 16.8 Å². The zero-order valence-electron chi connectivity index (χ0n) is 14.3. The first-order valence-corrected chi connectivity index (χ1v) is 10.2. The summed E-state index contributed by atoms with van der Waals surface area (Å²) in [5, 5.41) is 10.7. The van der Waals surface area contributed by atoms with Crippen LogP contribution in [-0.4, -0.2) is 28.1 Å². The van der Waals surface area contributed by atoms with Crippen molar-refractivity contribution in [1.29, 1.82) is 0 Å². The number of nitro groups is 1. The van der Waals surface area contributed by atoms with Gasteiger partial charge in [0, 0.05) is 11.6 Å². The predicted octanol–water partition coefficient (Wildman–Crippen LogP) is 5.36. The highest BCUT2D eigenvalue weighted by atomic mass is 79.9. The minimum atomic E-state index is -0.531. The highest BCUT2D eigenvalue weighted by Crippen LogP contribution is 2.38. The summed E-state index contributed by atoms with van der Waals surface area (Å²) >= 11 is 7.59. The number of nitrogens with zero attached hydrogens (tertiary/aromatic N) is 2. The first-order valence-electron chi connectivity index (χ1n) is 7.82. The number of benzene rings is 2. The van der Waals surface area contributed by atoms with Crippen molar-refractivity contribution in [1.82, 2.24) is 4.90 Å². The molecule has 2 amide bonds. The second-order valence-electron chi connectivity index (χ2n) is 5.67. The highest BCUT2D eigenvalue weighted by Gasteiger charge is 2.36. The van der Waals surface area contributed by atoms with Crippen LogP contribution in [0.2, 0.25) is 0 Å². The number of hydrogen-bond donors (Lipinski definition) is 0. The fourth-order valence-corrected chi connectivity index (χ4v) is 5.02. The molecule has 1 aliphatic rings. The van der Waals surface area contributed by atoms with E-state index in [1.54, 1.807) is 31.4 Å². The van der Waals surface area contributed by atoms with Gasteiger partial charge in [0.05, 0.1) is 32.4 Å². The molecule has 7 nitrogen and oxygen atoms in total. The van der Waals surface area contributed by atoms with Crippen molar-refractivity contribution in [3.05, 3.63) is 71.5 Å². The van der Waals surface area contributed by atoms with Crippen molar-refractivity contribution in [2.24, 2.45) is 0 Å². The molecule has 0 N–H and O–H groups in total. The van der Waals surface area contributed by atoms with Crippen LogP contribution in [0, 0.1) is 10.1 Å². The minimum Gasteiger partial charge on any atom is -0.494 e.